The highest BCUT2D eigenvalue weighted by molar-refractivity contribution is 5.31. The minimum absolute atomic E-state index is 0.130. The third-order valence-corrected chi connectivity index (χ3v) is 3.81. The van der Waals surface area contributed by atoms with E-state index in [4.69, 9.17) is 4.74 Å². The number of ether oxygens (including phenoxy) is 1. The number of rotatable bonds is 4. The number of halogens is 1. The summed E-state index contributed by atoms with van der Waals surface area (Å²) in [6, 6.07) is 5.14. The molecule has 18 heavy (non-hydrogen) atoms. The fourth-order valence-electron chi connectivity index (χ4n) is 2.85. The summed E-state index contributed by atoms with van der Waals surface area (Å²) in [5.41, 5.74) is 1.94. The summed E-state index contributed by atoms with van der Waals surface area (Å²) >= 11 is 0. The Morgan fingerprint density at radius 1 is 1.50 bits per heavy atom. The molecule has 0 spiro atoms. The van der Waals surface area contributed by atoms with Gasteiger partial charge in [0.2, 0.25) is 0 Å². The molecule has 2 atom stereocenters. The van der Waals surface area contributed by atoms with Gasteiger partial charge in [0.15, 0.2) is 0 Å². The number of benzene rings is 1. The van der Waals surface area contributed by atoms with Crippen molar-refractivity contribution in [2.75, 3.05) is 13.2 Å². The summed E-state index contributed by atoms with van der Waals surface area (Å²) < 4.78 is 19.2. The average Bonchev–Trinajstić information content (AvgIpc) is 2.75. The molecule has 1 aromatic carbocycles. The molecule has 2 unspecified atom stereocenters. The van der Waals surface area contributed by atoms with Crippen molar-refractivity contribution in [1.82, 2.24) is 5.32 Å². The van der Waals surface area contributed by atoms with Crippen molar-refractivity contribution in [3.05, 3.63) is 35.1 Å². The number of hydrogen-bond donors (Lipinski definition) is 1. The molecule has 2 rings (SSSR count). The van der Waals surface area contributed by atoms with Crippen molar-refractivity contribution in [1.29, 1.82) is 0 Å². The Labute approximate surface area is 109 Å². The van der Waals surface area contributed by atoms with Gasteiger partial charge in [-0.3, -0.25) is 0 Å². The molecular weight excluding hydrogens is 229 g/mol. The lowest BCUT2D eigenvalue weighted by Crippen LogP contribution is -2.41. The van der Waals surface area contributed by atoms with Crippen LogP contribution >= 0.6 is 0 Å². The predicted octanol–water partition coefficient (Wildman–Crippen LogP) is 3.35. The first-order valence-electron chi connectivity index (χ1n) is 6.70. The molecule has 0 radical (unpaired) electrons. The summed E-state index contributed by atoms with van der Waals surface area (Å²) in [7, 11) is 0. The van der Waals surface area contributed by atoms with Crippen molar-refractivity contribution >= 4 is 0 Å². The molecule has 1 N–H and O–H groups in total. The fraction of sp³-hybridized carbons (Fsp3) is 0.600. The second kappa shape index (κ2) is 5.37. The summed E-state index contributed by atoms with van der Waals surface area (Å²) in [5, 5.41) is 3.49. The van der Waals surface area contributed by atoms with Crippen LogP contribution in [0.1, 0.15) is 43.9 Å². The smallest absolute Gasteiger partial charge is 0.123 e. The van der Waals surface area contributed by atoms with Gasteiger partial charge in [0.1, 0.15) is 5.82 Å². The van der Waals surface area contributed by atoms with Gasteiger partial charge < -0.3 is 10.1 Å². The molecule has 1 aliphatic rings. The lowest BCUT2D eigenvalue weighted by molar-refractivity contribution is -0.0122. The number of nitrogens with one attached hydrogen (secondary N) is 1. The third kappa shape index (κ3) is 2.57. The normalized spacial score (nSPS) is 25.3. The Morgan fingerprint density at radius 2 is 2.28 bits per heavy atom. The molecule has 2 nitrogen and oxygen atoms in total. The Hall–Kier alpha value is -0.930. The van der Waals surface area contributed by atoms with Gasteiger partial charge in [-0.15, -0.1) is 0 Å². The van der Waals surface area contributed by atoms with Crippen LogP contribution in [0.2, 0.25) is 0 Å². The van der Waals surface area contributed by atoms with Gasteiger partial charge in [-0.05, 0) is 56.5 Å². The molecule has 1 heterocycles. The van der Waals surface area contributed by atoms with E-state index in [1.54, 1.807) is 6.07 Å². The van der Waals surface area contributed by atoms with Gasteiger partial charge in [-0.1, -0.05) is 13.0 Å². The van der Waals surface area contributed by atoms with Crippen LogP contribution in [-0.2, 0) is 4.74 Å². The second-order valence-corrected chi connectivity index (χ2v) is 5.26. The molecule has 3 heteroatoms. The number of hydrogen-bond acceptors (Lipinski definition) is 2. The van der Waals surface area contributed by atoms with Crippen LogP contribution < -0.4 is 5.32 Å². The largest absolute Gasteiger partial charge is 0.373 e. The third-order valence-electron chi connectivity index (χ3n) is 3.81. The lowest BCUT2D eigenvalue weighted by Gasteiger charge is -2.35. The van der Waals surface area contributed by atoms with E-state index in [-0.39, 0.29) is 17.5 Å². The Bertz CT molecular complexity index is 413. The molecule has 100 valence electrons. The van der Waals surface area contributed by atoms with Gasteiger partial charge in [0.05, 0.1) is 11.6 Å². The second-order valence-electron chi connectivity index (χ2n) is 5.26. The van der Waals surface area contributed by atoms with Crippen molar-refractivity contribution < 1.29 is 9.13 Å². The van der Waals surface area contributed by atoms with Crippen LogP contribution in [0, 0.1) is 12.7 Å². The highest BCUT2D eigenvalue weighted by atomic mass is 19.1. The summed E-state index contributed by atoms with van der Waals surface area (Å²) in [6.45, 7) is 7.89. The first-order chi connectivity index (χ1) is 8.57. The molecule has 1 aliphatic heterocycles. The predicted molar refractivity (Wildman–Crippen MR) is 71.1 cm³/mol. The Kier molecular flexibility index (Phi) is 4.03. The van der Waals surface area contributed by atoms with Crippen molar-refractivity contribution in [3.8, 4) is 0 Å². The summed E-state index contributed by atoms with van der Waals surface area (Å²) in [6.07, 6.45) is 2.14. The molecule has 0 aliphatic carbocycles. The van der Waals surface area contributed by atoms with E-state index in [0.717, 1.165) is 37.1 Å². The molecule has 0 bridgehead atoms. The Balaban J connectivity index is 2.34. The summed E-state index contributed by atoms with van der Waals surface area (Å²) in [5.74, 6) is -0.177. The lowest BCUT2D eigenvalue weighted by atomic mass is 9.85. The van der Waals surface area contributed by atoms with Gasteiger partial charge in [-0.2, -0.15) is 0 Å². The monoisotopic (exact) mass is 251 g/mol. The maximum Gasteiger partial charge on any atom is 0.123 e. The Morgan fingerprint density at radius 3 is 2.83 bits per heavy atom. The van der Waals surface area contributed by atoms with Crippen molar-refractivity contribution in [3.63, 3.8) is 0 Å². The van der Waals surface area contributed by atoms with Crippen LogP contribution in [0.25, 0.3) is 0 Å². The quantitative estimate of drug-likeness (QED) is 0.886. The topological polar surface area (TPSA) is 21.3 Å². The zero-order valence-corrected chi connectivity index (χ0v) is 11.4. The molecule has 0 aromatic heterocycles. The molecule has 1 saturated heterocycles. The van der Waals surface area contributed by atoms with E-state index in [0.29, 0.717) is 0 Å². The van der Waals surface area contributed by atoms with Crippen molar-refractivity contribution in [2.45, 2.75) is 45.3 Å². The van der Waals surface area contributed by atoms with Gasteiger partial charge in [0, 0.05) is 6.61 Å². The SMILES string of the molecule is CCNC(c1ccc(F)cc1C)C1(C)CCCO1. The summed E-state index contributed by atoms with van der Waals surface area (Å²) in [4.78, 5) is 0. The average molecular weight is 251 g/mol. The molecular formula is C15H22FNO. The van der Waals surface area contributed by atoms with Crippen LogP contribution in [0.15, 0.2) is 18.2 Å². The van der Waals surface area contributed by atoms with E-state index in [2.05, 4.69) is 19.2 Å². The van der Waals surface area contributed by atoms with Gasteiger partial charge in [0.25, 0.3) is 0 Å². The minimum Gasteiger partial charge on any atom is -0.373 e. The van der Waals surface area contributed by atoms with Crippen LogP contribution in [-0.4, -0.2) is 18.8 Å². The van der Waals surface area contributed by atoms with Gasteiger partial charge >= 0.3 is 0 Å². The molecule has 1 fully saturated rings. The maximum absolute atomic E-state index is 13.2. The number of aryl methyl sites for hydroxylation is 1. The van der Waals surface area contributed by atoms with E-state index in [1.807, 2.05) is 13.0 Å². The highest BCUT2D eigenvalue weighted by Gasteiger charge is 2.39. The maximum atomic E-state index is 13.2. The van der Waals surface area contributed by atoms with Gasteiger partial charge in [-0.25, -0.2) is 4.39 Å². The zero-order valence-electron chi connectivity index (χ0n) is 11.4. The fourth-order valence-corrected chi connectivity index (χ4v) is 2.85. The van der Waals surface area contributed by atoms with Crippen molar-refractivity contribution in [2.24, 2.45) is 0 Å². The first-order valence-corrected chi connectivity index (χ1v) is 6.70. The molecule has 0 saturated carbocycles. The first kappa shape index (κ1) is 13.5. The molecule has 1 aromatic rings. The van der Waals surface area contributed by atoms with Crippen LogP contribution in [0.3, 0.4) is 0 Å². The minimum atomic E-state index is -0.182. The van der Waals surface area contributed by atoms with E-state index >= 15 is 0 Å². The zero-order chi connectivity index (χ0) is 13.2. The van der Waals surface area contributed by atoms with Crippen LogP contribution in [0.4, 0.5) is 4.39 Å². The van der Waals surface area contributed by atoms with E-state index in [1.165, 1.54) is 6.07 Å². The highest BCUT2D eigenvalue weighted by Crippen LogP contribution is 2.38. The van der Waals surface area contributed by atoms with E-state index in [9.17, 15) is 4.39 Å². The standard InChI is InChI=1S/C15H22FNO/c1-4-17-14(15(3)8-5-9-18-15)13-7-6-12(16)10-11(13)2/h6-7,10,14,17H,4-5,8-9H2,1-3H3. The number of likely N-dealkylation sites (N-methyl/N-ethyl adjacent to an activating group) is 1. The van der Waals surface area contributed by atoms with Crippen LogP contribution in [0.5, 0.6) is 0 Å². The van der Waals surface area contributed by atoms with E-state index < -0.39 is 0 Å². The molecule has 0 amide bonds.